The number of rotatable bonds is 8. The highest BCUT2D eigenvalue weighted by Gasteiger charge is 2.17. The summed E-state index contributed by atoms with van der Waals surface area (Å²) in [4.78, 5) is 38.1. The highest BCUT2D eigenvalue weighted by Crippen LogP contribution is 2.19. The maximum Gasteiger partial charge on any atom is 0.358 e. The number of hydrogen-bond donors (Lipinski definition) is 0. The fraction of sp³-hybridized carbons (Fsp3) is 0.368. The van der Waals surface area contributed by atoms with Crippen LogP contribution in [0.15, 0.2) is 85.2 Å². The molecule has 0 saturated carbocycles. The van der Waals surface area contributed by atoms with Crippen LogP contribution in [-0.2, 0) is 9.47 Å². The first-order chi connectivity index (χ1) is 23.6. The van der Waals surface area contributed by atoms with Crippen LogP contribution in [0.2, 0.25) is 0 Å². The number of likely N-dealkylation sites (tertiary alicyclic amines) is 2. The number of esters is 2. The summed E-state index contributed by atoms with van der Waals surface area (Å²) in [6.07, 6.45) is 11.1. The van der Waals surface area contributed by atoms with Gasteiger partial charge in [-0.2, -0.15) is 0 Å². The lowest BCUT2D eigenvalue weighted by atomic mass is 10.1. The number of fused-ring (bicyclic) bond motifs is 6. The van der Waals surface area contributed by atoms with Crippen molar-refractivity contribution in [1.29, 1.82) is 0 Å². The van der Waals surface area contributed by atoms with Gasteiger partial charge in [0.2, 0.25) is 0 Å². The zero-order chi connectivity index (χ0) is 32.7. The predicted molar refractivity (Wildman–Crippen MR) is 190 cm³/mol. The molecule has 256 valence electrons. The molecule has 2 saturated heterocycles. The molecule has 11 heteroatoms. The van der Waals surface area contributed by atoms with Gasteiger partial charge >= 0.3 is 11.9 Å². The van der Waals surface area contributed by atoms with Crippen molar-refractivity contribution in [2.75, 3.05) is 52.5 Å². The van der Waals surface area contributed by atoms with Gasteiger partial charge in [0, 0.05) is 25.5 Å². The van der Waals surface area contributed by atoms with Crippen molar-refractivity contribution >= 4 is 45.0 Å². The molecule has 2 aromatic carbocycles. The maximum atomic E-state index is 12.3. The highest BCUT2D eigenvalue weighted by molar-refractivity contribution is 5.90. The molecule has 0 spiro atoms. The second kappa shape index (κ2) is 16.0. The molecular weight excluding hydrogens is 620 g/mol. The van der Waals surface area contributed by atoms with Gasteiger partial charge in [0.25, 0.3) is 0 Å². The van der Waals surface area contributed by atoms with E-state index in [0.717, 1.165) is 72.4 Å². The third-order valence-corrected chi connectivity index (χ3v) is 9.28. The van der Waals surface area contributed by atoms with Crippen LogP contribution in [0.1, 0.15) is 59.5 Å². The van der Waals surface area contributed by atoms with Crippen molar-refractivity contribution in [3.8, 4) is 0 Å². The summed E-state index contributed by atoms with van der Waals surface area (Å²) >= 11 is 0. The Kier molecular flexibility index (Phi) is 11.1. The fourth-order valence-corrected chi connectivity index (χ4v) is 6.68. The van der Waals surface area contributed by atoms with Gasteiger partial charge in [-0.15, -0.1) is 0 Å². The quantitative estimate of drug-likeness (QED) is 0.197. The Morgan fingerprint density at radius 1 is 0.551 bits per heavy atom. The van der Waals surface area contributed by atoms with E-state index in [-0.39, 0.29) is 17.4 Å². The average Bonchev–Trinajstić information content (AvgIpc) is 3.79. The van der Waals surface area contributed by atoms with Crippen LogP contribution in [0, 0.1) is 0 Å². The minimum atomic E-state index is -0.347. The molecule has 8 rings (SSSR count). The molecule has 0 unspecified atom stereocenters. The zero-order valence-electron chi connectivity index (χ0n) is 27.8. The second-order valence-electron chi connectivity index (χ2n) is 12.6. The van der Waals surface area contributed by atoms with Crippen molar-refractivity contribution in [2.24, 2.45) is 0 Å². The Morgan fingerprint density at radius 2 is 0.959 bits per heavy atom. The monoisotopic (exact) mass is 664 g/mol. The predicted octanol–water partition coefficient (Wildman–Crippen LogP) is 5.44. The number of carbonyl (C=O) groups excluding carboxylic acids is 2. The standard InChI is InChI=1S/2C19H21N3O2.H2O/c2*23-19(24-13-12-21-10-4-1-5-11-21)16-14-22-17-7-3-2-6-15(17)8-9-18(22)20-16;/h2*2-3,6-9,14H,1,4-5,10-13H2;1H2. The first-order valence-corrected chi connectivity index (χ1v) is 17.1. The third kappa shape index (κ3) is 8.07. The molecule has 2 aliphatic rings. The first-order valence-electron chi connectivity index (χ1n) is 17.1. The maximum absolute atomic E-state index is 12.3. The Morgan fingerprint density at radius 3 is 1.39 bits per heavy atom. The van der Waals surface area contributed by atoms with E-state index in [1.165, 1.54) is 38.5 Å². The molecule has 49 heavy (non-hydrogen) atoms. The minimum absolute atomic E-state index is 0. The number of piperidine rings is 2. The number of para-hydroxylation sites is 2. The largest absolute Gasteiger partial charge is 0.460 e. The van der Waals surface area contributed by atoms with Gasteiger partial charge in [0.1, 0.15) is 24.5 Å². The van der Waals surface area contributed by atoms with Crippen LogP contribution < -0.4 is 0 Å². The van der Waals surface area contributed by atoms with Crippen LogP contribution in [0.5, 0.6) is 0 Å². The van der Waals surface area contributed by atoms with Crippen molar-refractivity contribution in [2.45, 2.75) is 38.5 Å². The van der Waals surface area contributed by atoms with E-state index in [2.05, 4.69) is 19.8 Å². The number of aromatic nitrogens is 4. The Hall–Kier alpha value is -4.84. The summed E-state index contributed by atoms with van der Waals surface area (Å²) in [5.41, 5.74) is 4.33. The molecule has 6 aromatic rings. The van der Waals surface area contributed by atoms with Crippen LogP contribution >= 0.6 is 0 Å². The van der Waals surface area contributed by atoms with Gasteiger partial charge < -0.3 is 14.9 Å². The number of carbonyl (C=O) groups is 2. The van der Waals surface area contributed by atoms with E-state index in [1.54, 1.807) is 12.4 Å². The lowest BCUT2D eigenvalue weighted by Crippen LogP contribution is -2.33. The zero-order valence-corrected chi connectivity index (χ0v) is 27.8. The molecule has 0 bridgehead atoms. The molecule has 6 heterocycles. The topological polar surface area (TPSA) is 125 Å². The number of ether oxygens (including phenoxy) is 2. The fourth-order valence-electron chi connectivity index (χ4n) is 6.68. The Balaban J connectivity index is 0.000000167. The molecule has 2 N–H and O–H groups in total. The van der Waals surface area contributed by atoms with Crippen molar-refractivity contribution in [3.05, 3.63) is 96.6 Å². The number of pyridine rings is 2. The SMILES string of the molecule is O.O=C(OCCN1CCCCC1)c1cn2c(ccc3ccccc32)n1.O=C(OCCN1CCCCC1)c1cn2c(ccc3ccccc32)n1. The summed E-state index contributed by atoms with van der Waals surface area (Å²) < 4.78 is 14.7. The summed E-state index contributed by atoms with van der Waals surface area (Å²) in [6.45, 7) is 6.90. The molecule has 0 radical (unpaired) electrons. The van der Waals surface area contributed by atoms with E-state index in [4.69, 9.17) is 9.47 Å². The van der Waals surface area contributed by atoms with Crippen LogP contribution in [0.3, 0.4) is 0 Å². The molecule has 4 aromatic heterocycles. The van der Waals surface area contributed by atoms with Crippen LogP contribution in [0.25, 0.3) is 33.1 Å². The molecule has 0 amide bonds. The summed E-state index contributed by atoms with van der Waals surface area (Å²) in [7, 11) is 0. The summed E-state index contributed by atoms with van der Waals surface area (Å²) in [6, 6.07) is 24.0. The molecule has 2 aliphatic heterocycles. The molecule has 0 aliphatic carbocycles. The second-order valence-corrected chi connectivity index (χ2v) is 12.6. The number of imidazole rings is 2. The average molecular weight is 665 g/mol. The van der Waals surface area contributed by atoms with Crippen LogP contribution in [-0.4, -0.2) is 98.5 Å². The van der Waals surface area contributed by atoms with E-state index in [9.17, 15) is 9.59 Å². The van der Waals surface area contributed by atoms with Gasteiger partial charge in [0.15, 0.2) is 11.4 Å². The molecule has 2 fully saturated rings. The normalized spacial score (nSPS) is 15.5. The number of hydrogen-bond acceptors (Lipinski definition) is 8. The van der Waals surface area contributed by atoms with E-state index in [0.29, 0.717) is 24.6 Å². The van der Waals surface area contributed by atoms with Gasteiger partial charge in [0.05, 0.1) is 11.0 Å². The third-order valence-electron chi connectivity index (χ3n) is 9.28. The summed E-state index contributed by atoms with van der Waals surface area (Å²) in [5, 5.41) is 2.24. The number of benzene rings is 2. The van der Waals surface area contributed by atoms with E-state index in [1.807, 2.05) is 81.6 Å². The van der Waals surface area contributed by atoms with Crippen molar-refractivity contribution in [1.82, 2.24) is 28.6 Å². The smallest absolute Gasteiger partial charge is 0.358 e. The van der Waals surface area contributed by atoms with Crippen molar-refractivity contribution in [3.63, 3.8) is 0 Å². The molecular formula is C38H44N6O5. The number of nitrogens with zero attached hydrogens (tertiary/aromatic N) is 6. The lowest BCUT2D eigenvalue weighted by Gasteiger charge is -2.25. The Labute approximate surface area is 285 Å². The molecule has 11 nitrogen and oxygen atoms in total. The molecule has 0 atom stereocenters. The van der Waals surface area contributed by atoms with Gasteiger partial charge in [-0.05, 0) is 99.0 Å². The minimum Gasteiger partial charge on any atom is -0.460 e. The van der Waals surface area contributed by atoms with Gasteiger partial charge in [-0.3, -0.25) is 18.6 Å². The van der Waals surface area contributed by atoms with Crippen molar-refractivity contribution < 1.29 is 24.5 Å². The summed E-state index contributed by atoms with van der Waals surface area (Å²) in [5.74, 6) is -0.695. The van der Waals surface area contributed by atoms with Gasteiger partial charge in [-0.25, -0.2) is 19.6 Å². The van der Waals surface area contributed by atoms with E-state index < -0.39 is 0 Å². The Bertz CT molecular complexity index is 1880. The highest BCUT2D eigenvalue weighted by atomic mass is 16.5. The van der Waals surface area contributed by atoms with Gasteiger partial charge in [-0.1, -0.05) is 49.2 Å². The van der Waals surface area contributed by atoms with Crippen LogP contribution in [0.4, 0.5) is 0 Å². The first kappa shape index (κ1) is 34.0. The van der Waals surface area contributed by atoms with E-state index >= 15 is 0 Å². The lowest BCUT2D eigenvalue weighted by molar-refractivity contribution is 0.0437.